The lowest BCUT2D eigenvalue weighted by Crippen LogP contribution is -2.31. The lowest BCUT2D eigenvalue weighted by atomic mass is 10.1. The van der Waals surface area contributed by atoms with Crippen molar-refractivity contribution in [1.82, 2.24) is 5.48 Å². The first kappa shape index (κ1) is 21.1. The van der Waals surface area contributed by atoms with Crippen LogP contribution < -0.4 is 5.48 Å². The van der Waals surface area contributed by atoms with Crippen LogP contribution in [0.2, 0.25) is 0 Å². The molecular formula is C20H29NO4. The molecule has 0 radical (unpaired) electrons. The normalized spacial score (nSPS) is 12.4. The van der Waals surface area contributed by atoms with Gasteiger partial charge in [-0.15, -0.1) is 0 Å². The molecule has 1 rings (SSSR count). The van der Waals surface area contributed by atoms with Crippen molar-refractivity contribution < 1.29 is 19.5 Å². The predicted molar refractivity (Wildman–Crippen MR) is 99.4 cm³/mol. The topological polar surface area (TPSA) is 75.6 Å². The molecule has 0 bridgehead atoms. The van der Waals surface area contributed by atoms with Crippen molar-refractivity contribution >= 4 is 17.8 Å². The fourth-order valence-corrected chi connectivity index (χ4v) is 2.27. The van der Waals surface area contributed by atoms with Crippen molar-refractivity contribution in [3.8, 4) is 0 Å². The van der Waals surface area contributed by atoms with E-state index in [9.17, 15) is 9.59 Å². The lowest BCUT2D eigenvalue weighted by molar-refractivity contribution is -0.138. The Hall–Kier alpha value is -1.98. The molecular weight excluding hydrogens is 318 g/mol. The second-order valence-corrected chi connectivity index (χ2v) is 6.01. The Morgan fingerprint density at radius 1 is 1.24 bits per heavy atom. The number of carboxylic acid groups (broad SMARTS) is 1. The molecule has 5 nitrogen and oxygen atoms in total. The number of carbonyl (C=O) groups excluding carboxylic acids is 1. The lowest BCUT2D eigenvalue weighted by Gasteiger charge is -2.14. The van der Waals surface area contributed by atoms with E-state index in [4.69, 9.17) is 9.94 Å². The summed E-state index contributed by atoms with van der Waals surface area (Å²) in [7, 11) is 0. The second kappa shape index (κ2) is 12.4. The molecule has 0 aliphatic heterocycles. The molecule has 1 aromatic carbocycles. The maximum atomic E-state index is 12.1. The summed E-state index contributed by atoms with van der Waals surface area (Å²) in [5.41, 5.74) is 4.46. The van der Waals surface area contributed by atoms with Crippen LogP contribution in [0.3, 0.4) is 0 Å². The van der Waals surface area contributed by atoms with Crippen molar-refractivity contribution in [2.45, 2.75) is 58.4 Å². The molecule has 0 saturated carbocycles. The van der Waals surface area contributed by atoms with Crippen LogP contribution in [0, 0.1) is 0 Å². The van der Waals surface area contributed by atoms with Crippen molar-refractivity contribution in [2.75, 3.05) is 6.61 Å². The first-order chi connectivity index (χ1) is 12.1. The highest BCUT2D eigenvalue weighted by Gasteiger charge is 2.11. The fraction of sp³-hybridized carbons (Fsp3) is 0.500. The Bertz CT molecular complexity index is 551. The maximum absolute atomic E-state index is 12.1. The smallest absolute Gasteiger partial charge is 0.305 e. The van der Waals surface area contributed by atoms with E-state index in [1.807, 2.05) is 31.2 Å². The molecule has 0 fully saturated rings. The maximum Gasteiger partial charge on any atom is 0.305 e. The van der Waals surface area contributed by atoms with Crippen LogP contribution in [-0.4, -0.2) is 29.5 Å². The Kier molecular flexibility index (Phi) is 10.4. The number of hydrogen-bond acceptors (Lipinski definition) is 4. The number of hydrogen-bond donors (Lipinski definition) is 2. The Morgan fingerprint density at radius 2 is 1.96 bits per heavy atom. The van der Waals surface area contributed by atoms with Crippen molar-refractivity contribution in [3.63, 3.8) is 0 Å². The number of hydroxylamine groups is 1. The highest BCUT2D eigenvalue weighted by molar-refractivity contribution is 5.96. The van der Waals surface area contributed by atoms with Crippen LogP contribution in [-0.2, 0) is 9.63 Å². The number of aliphatic carboxylic acids is 1. The van der Waals surface area contributed by atoms with E-state index in [1.165, 1.54) is 12.8 Å². The SMILES string of the molecule is CCCCC=Cc1ccc(C(=O)CCONC(CC)CC(=O)O)cc1. The summed E-state index contributed by atoms with van der Waals surface area (Å²) >= 11 is 0. The standard InChI is InChI=1S/C20H29NO4/c1-3-5-6-7-8-16-9-11-17(12-10-16)19(22)13-14-25-21-18(4-2)15-20(23)24/h7-12,18,21H,3-6,13-15H2,1-2H3,(H,23,24). The number of carboxylic acids is 1. The zero-order valence-electron chi connectivity index (χ0n) is 15.2. The molecule has 0 aliphatic rings. The largest absolute Gasteiger partial charge is 0.481 e. The number of rotatable bonds is 13. The van der Waals surface area contributed by atoms with E-state index >= 15 is 0 Å². The third-order valence-electron chi connectivity index (χ3n) is 3.86. The van der Waals surface area contributed by atoms with Gasteiger partial charge in [-0.25, -0.2) is 0 Å². The first-order valence-corrected chi connectivity index (χ1v) is 8.95. The number of benzene rings is 1. The average molecular weight is 347 g/mol. The van der Waals surface area contributed by atoms with Gasteiger partial charge in [0.15, 0.2) is 5.78 Å². The summed E-state index contributed by atoms with van der Waals surface area (Å²) in [6.07, 6.45) is 8.57. The van der Waals surface area contributed by atoms with Crippen LogP contribution in [0.4, 0.5) is 0 Å². The van der Waals surface area contributed by atoms with Gasteiger partial charge in [0.1, 0.15) is 0 Å². The van der Waals surface area contributed by atoms with E-state index in [0.717, 1.165) is 12.0 Å². The van der Waals surface area contributed by atoms with Crippen LogP contribution in [0.1, 0.15) is 68.3 Å². The van der Waals surface area contributed by atoms with Gasteiger partial charge in [-0.1, -0.05) is 63.1 Å². The fourth-order valence-electron chi connectivity index (χ4n) is 2.27. The summed E-state index contributed by atoms with van der Waals surface area (Å²) in [4.78, 5) is 28.0. The average Bonchev–Trinajstić information content (AvgIpc) is 2.61. The first-order valence-electron chi connectivity index (χ1n) is 8.95. The van der Waals surface area contributed by atoms with Crippen molar-refractivity contribution in [1.29, 1.82) is 0 Å². The highest BCUT2D eigenvalue weighted by Crippen LogP contribution is 2.10. The van der Waals surface area contributed by atoms with Gasteiger partial charge in [-0.05, 0) is 18.4 Å². The van der Waals surface area contributed by atoms with E-state index in [-0.39, 0.29) is 31.3 Å². The minimum absolute atomic E-state index is 0.00230. The summed E-state index contributed by atoms with van der Waals surface area (Å²) in [6, 6.07) is 7.29. The number of ketones is 1. The molecule has 0 saturated heterocycles. The van der Waals surface area contributed by atoms with Crippen LogP contribution in [0.15, 0.2) is 30.3 Å². The number of carbonyl (C=O) groups is 2. The Labute approximate surface area is 150 Å². The minimum atomic E-state index is -0.872. The molecule has 1 unspecified atom stereocenters. The zero-order valence-corrected chi connectivity index (χ0v) is 15.2. The van der Waals surface area contributed by atoms with Crippen molar-refractivity contribution in [3.05, 3.63) is 41.5 Å². The van der Waals surface area contributed by atoms with E-state index < -0.39 is 5.97 Å². The zero-order chi connectivity index (χ0) is 18.5. The Morgan fingerprint density at radius 3 is 2.56 bits per heavy atom. The summed E-state index contributed by atoms with van der Waals surface area (Å²) in [5, 5.41) is 8.76. The highest BCUT2D eigenvalue weighted by atomic mass is 16.6. The molecule has 0 spiro atoms. The molecule has 5 heteroatoms. The molecule has 0 aromatic heterocycles. The molecule has 138 valence electrons. The Balaban J connectivity index is 2.35. The van der Waals surface area contributed by atoms with Crippen molar-refractivity contribution in [2.24, 2.45) is 0 Å². The van der Waals surface area contributed by atoms with Crippen LogP contribution in [0.25, 0.3) is 6.08 Å². The van der Waals surface area contributed by atoms with Gasteiger partial charge >= 0.3 is 5.97 Å². The molecule has 0 amide bonds. The van der Waals surface area contributed by atoms with Gasteiger partial charge in [0.25, 0.3) is 0 Å². The number of nitrogens with one attached hydrogen (secondary N) is 1. The van der Waals surface area contributed by atoms with E-state index in [1.54, 1.807) is 0 Å². The van der Waals surface area contributed by atoms with E-state index in [2.05, 4.69) is 24.6 Å². The monoisotopic (exact) mass is 347 g/mol. The third-order valence-corrected chi connectivity index (χ3v) is 3.86. The van der Waals surface area contributed by atoms with Gasteiger partial charge in [0.2, 0.25) is 0 Å². The molecule has 0 heterocycles. The molecule has 1 aromatic rings. The summed E-state index contributed by atoms with van der Waals surface area (Å²) in [6.45, 7) is 4.27. The van der Waals surface area contributed by atoms with Gasteiger partial charge in [0, 0.05) is 18.0 Å². The quantitative estimate of drug-likeness (QED) is 0.317. The minimum Gasteiger partial charge on any atom is -0.481 e. The molecule has 25 heavy (non-hydrogen) atoms. The second-order valence-electron chi connectivity index (χ2n) is 6.01. The molecule has 1 atom stereocenters. The van der Waals surface area contributed by atoms with Gasteiger partial charge < -0.3 is 9.94 Å². The molecule has 2 N–H and O–H groups in total. The van der Waals surface area contributed by atoms with Crippen LogP contribution >= 0.6 is 0 Å². The number of unbranched alkanes of at least 4 members (excludes halogenated alkanes) is 2. The number of Topliss-reactive ketones (excluding diaryl/α,β-unsaturated/α-hetero) is 1. The third kappa shape index (κ3) is 9.17. The van der Waals surface area contributed by atoms with Crippen LogP contribution in [0.5, 0.6) is 0 Å². The summed E-state index contributed by atoms with van der Waals surface area (Å²) < 4.78 is 0. The summed E-state index contributed by atoms with van der Waals surface area (Å²) in [5.74, 6) is -0.863. The van der Waals surface area contributed by atoms with Gasteiger partial charge in [-0.3, -0.25) is 9.59 Å². The predicted octanol–water partition coefficient (Wildman–Crippen LogP) is 4.24. The number of allylic oxidation sites excluding steroid dienone is 1. The van der Waals surface area contributed by atoms with Gasteiger partial charge in [-0.2, -0.15) is 5.48 Å². The molecule has 0 aliphatic carbocycles. The van der Waals surface area contributed by atoms with Gasteiger partial charge in [0.05, 0.1) is 13.0 Å². The van der Waals surface area contributed by atoms with E-state index in [0.29, 0.717) is 12.0 Å².